The van der Waals surface area contributed by atoms with Crippen molar-refractivity contribution in [3.05, 3.63) is 77.3 Å². The summed E-state index contributed by atoms with van der Waals surface area (Å²) in [5.41, 5.74) is 6.12. The van der Waals surface area contributed by atoms with Gasteiger partial charge in [0.05, 0.1) is 28.2 Å². The van der Waals surface area contributed by atoms with E-state index in [0.717, 1.165) is 46.3 Å². The van der Waals surface area contributed by atoms with E-state index >= 15 is 0 Å². The Hall–Kier alpha value is -3.11. The molecule has 0 aliphatic carbocycles. The molecule has 0 spiro atoms. The van der Waals surface area contributed by atoms with Gasteiger partial charge in [0.2, 0.25) is 0 Å². The molecule has 5 aromatic rings. The van der Waals surface area contributed by atoms with Crippen LogP contribution in [0, 0.1) is 6.92 Å². The number of hydrogen-bond acceptors (Lipinski definition) is 3. The van der Waals surface area contributed by atoms with Gasteiger partial charge in [0.1, 0.15) is 11.3 Å². The van der Waals surface area contributed by atoms with Crippen molar-refractivity contribution in [2.24, 2.45) is 0 Å². The second-order valence-corrected chi connectivity index (χ2v) is 7.55. The summed E-state index contributed by atoms with van der Waals surface area (Å²) < 4.78 is 8.15. The van der Waals surface area contributed by atoms with Gasteiger partial charge in [0.25, 0.3) is 0 Å². The lowest BCUT2D eigenvalue weighted by atomic mass is 10.1. The number of aromatic nitrogens is 3. The minimum absolute atomic E-state index is 0.581. The molecule has 144 valence electrons. The van der Waals surface area contributed by atoms with E-state index < -0.39 is 0 Å². The number of rotatable bonds is 5. The molecule has 0 aliphatic heterocycles. The van der Waals surface area contributed by atoms with Crippen LogP contribution < -0.4 is 4.74 Å². The van der Waals surface area contributed by atoms with E-state index in [1.165, 1.54) is 11.1 Å². The highest BCUT2D eigenvalue weighted by Crippen LogP contribution is 2.30. The Labute approximate surface area is 173 Å². The van der Waals surface area contributed by atoms with Crippen LogP contribution in [0.3, 0.4) is 0 Å². The lowest BCUT2D eigenvalue weighted by Gasteiger charge is -2.10. The van der Waals surface area contributed by atoms with Gasteiger partial charge in [-0.05, 0) is 43.2 Å². The first-order chi connectivity index (χ1) is 14.2. The number of ether oxygens (including phenoxy) is 1. The molecule has 29 heavy (non-hydrogen) atoms. The lowest BCUT2D eigenvalue weighted by molar-refractivity contribution is 0.303. The molecule has 0 aliphatic rings. The molecule has 0 atom stereocenters. The van der Waals surface area contributed by atoms with Crippen molar-refractivity contribution >= 4 is 44.7 Å². The first-order valence-electron chi connectivity index (χ1n) is 9.74. The highest BCUT2D eigenvalue weighted by Gasteiger charge is 2.15. The Bertz CT molecular complexity index is 1340. The number of benzene rings is 3. The summed E-state index contributed by atoms with van der Waals surface area (Å²) in [6, 6.07) is 21.9. The van der Waals surface area contributed by atoms with E-state index in [9.17, 15) is 0 Å². The van der Waals surface area contributed by atoms with E-state index in [4.69, 9.17) is 26.3 Å². The quantitative estimate of drug-likeness (QED) is 0.331. The molecule has 0 radical (unpaired) electrons. The van der Waals surface area contributed by atoms with Crippen molar-refractivity contribution in [3.8, 4) is 5.75 Å². The van der Waals surface area contributed by atoms with Gasteiger partial charge in [-0.3, -0.25) is 0 Å². The Morgan fingerprint density at radius 3 is 2.48 bits per heavy atom. The fourth-order valence-electron chi connectivity index (χ4n) is 3.86. The summed E-state index contributed by atoms with van der Waals surface area (Å²) in [5.74, 6) is 0.721. The minimum atomic E-state index is 0.581. The maximum atomic E-state index is 6.19. The normalized spacial score (nSPS) is 11.5. The van der Waals surface area contributed by atoms with E-state index in [1.54, 1.807) is 0 Å². The first-order valence-corrected chi connectivity index (χ1v) is 10.1. The van der Waals surface area contributed by atoms with Crippen LogP contribution in [-0.2, 0) is 6.54 Å². The van der Waals surface area contributed by atoms with Crippen LogP contribution in [0.4, 0.5) is 0 Å². The molecular formula is C24H20ClN3O. The van der Waals surface area contributed by atoms with Crippen LogP contribution >= 0.6 is 11.6 Å². The third kappa shape index (κ3) is 3.19. The minimum Gasteiger partial charge on any atom is -0.492 e. The third-order valence-corrected chi connectivity index (χ3v) is 5.50. The summed E-state index contributed by atoms with van der Waals surface area (Å²) in [7, 11) is 0. The van der Waals surface area contributed by atoms with Gasteiger partial charge in [-0.1, -0.05) is 54.1 Å². The molecule has 0 unspecified atom stereocenters. The lowest BCUT2D eigenvalue weighted by Crippen LogP contribution is -2.06. The molecule has 0 bridgehead atoms. The maximum Gasteiger partial charge on any atom is 0.160 e. The zero-order chi connectivity index (χ0) is 19.8. The molecule has 0 saturated carbocycles. The highest BCUT2D eigenvalue weighted by molar-refractivity contribution is 6.32. The Morgan fingerprint density at radius 2 is 1.66 bits per heavy atom. The third-order valence-electron chi connectivity index (χ3n) is 5.19. The van der Waals surface area contributed by atoms with E-state index in [0.29, 0.717) is 11.6 Å². The molecule has 5 heteroatoms. The number of halogens is 1. The fourth-order valence-corrected chi connectivity index (χ4v) is 4.05. The molecule has 2 aromatic heterocycles. The van der Waals surface area contributed by atoms with Gasteiger partial charge in [-0.2, -0.15) is 0 Å². The molecule has 5 rings (SSSR count). The van der Waals surface area contributed by atoms with Crippen molar-refractivity contribution in [1.29, 1.82) is 0 Å². The van der Waals surface area contributed by atoms with Gasteiger partial charge >= 0.3 is 0 Å². The second kappa shape index (κ2) is 7.37. The van der Waals surface area contributed by atoms with Crippen molar-refractivity contribution < 1.29 is 4.74 Å². The first kappa shape index (κ1) is 18.0. The number of nitrogens with zero attached hydrogens (tertiary/aromatic N) is 3. The molecule has 2 heterocycles. The summed E-state index contributed by atoms with van der Waals surface area (Å²) in [6.07, 6.45) is 0.840. The second-order valence-electron chi connectivity index (χ2n) is 7.14. The van der Waals surface area contributed by atoms with Crippen LogP contribution in [0.2, 0.25) is 5.02 Å². The predicted molar refractivity (Wildman–Crippen MR) is 119 cm³/mol. The summed E-state index contributed by atoms with van der Waals surface area (Å²) in [5, 5.41) is 1.78. The number of aryl methyl sites for hydroxylation is 2. The smallest absolute Gasteiger partial charge is 0.160 e. The average molecular weight is 402 g/mol. The number of para-hydroxylation sites is 4. The molecule has 3 aromatic carbocycles. The monoisotopic (exact) mass is 401 g/mol. The van der Waals surface area contributed by atoms with Crippen LogP contribution in [0.1, 0.15) is 12.0 Å². The Kier molecular flexibility index (Phi) is 4.57. The summed E-state index contributed by atoms with van der Waals surface area (Å²) in [4.78, 5) is 9.87. The zero-order valence-corrected chi connectivity index (χ0v) is 16.9. The maximum absolute atomic E-state index is 6.19. The molecule has 0 N–H and O–H groups in total. The van der Waals surface area contributed by atoms with Gasteiger partial charge in [-0.15, -0.1) is 0 Å². The van der Waals surface area contributed by atoms with E-state index in [-0.39, 0.29) is 0 Å². The topological polar surface area (TPSA) is 39.9 Å². The van der Waals surface area contributed by atoms with Crippen molar-refractivity contribution in [1.82, 2.24) is 14.5 Å². The molecule has 4 nitrogen and oxygen atoms in total. The fraction of sp³-hybridized carbons (Fsp3) is 0.167. The SMILES string of the molecule is Cc1cccc2c3nc4ccccc4nc3n(CCCOc3ccccc3Cl)c12. The zero-order valence-electron chi connectivity index (χ0n) is 16.1. The van der Waals surface area contributed by atoms with Crippen LogP contribution in [0.25, 0.3) is 33.1 Å². The van der Waals surface area contributed by atoms with E-state index in [1.807, 2.05) is 48.5 Å². The Morgan fingerprint density at radius 1 is 0.897 bits per heavy atom. The highest BCUT2D eigenvalue weighted by atomic mass is 35.5. The van der Waals surface area contributed by atoms with Crippen molar-refractivity contribution in [3.63, 3.8) is 0 Å². The standard InChI is InChI=1S/C24H20ClN3O/c1-16-8-6-9-17-22-24(27-20-12-4-3-11-19(20)26-22)28(23(16)17)14-7-15-29-21-13-5-2-10-18(21)25/h2-6,8-13H,7,14-15H2,1H3. The number of hydrogen-bond donors (Lipinski definition) is 0. The van der Waals surface area contributed by atoms with Gasteiger partial charge in [-0.25, -0.2) is 9.97 Å². The molecule has 0 fully saturated rings. The van der Waals surface area contributed by atoms with Gasteiger partial charge < -0.3 is 9.30 Å². The van der Waals surface area contributed by atoms with Crippen molar-refractivity contribution in [2.45, 2.75) is 19.9 Å². The van der Waals surface area contributed by atoms with E-state index in [2.05, 4.69) is 29.7 Å². The predicted octanol–water partition coefficient (Wildman–Crippen LogP) is 6.17. The van der Waals surface area contributed by atoms with Crippen LogP contribution in [0.5, 0.6) is 5.75 Å². The van der Waals surface area contributed by atoms with Gasteiger partial charge in [0.15, 0.2) is 5.65 Å². The average Bonchev–Trinajstić information content (AvgIpc) is 3.05. The molecular weight excluding hydrogens is 382 g/mol. The van der Waals surface area contributed by atoms with Gasteiger partial charge in [0, 0.05) is 11.9 Å². The number of fused-ring (bicyclic) bond motifs is 4. The largest absolute Gasteiger partial charge is 0.492 e. The molecule has 0 amide bonds. The summed E-state index contributed by atoms with van der Waals surface area (Å²) in [6.45, 7) is 3.51. The van der Waals surface area contributed by atoms with Crippen LogP contribution in [-0.4, -0.2) is 21.1 Å². The van der Waals surface area contributed by atoms with Crippen molar-refractivity contribution in [2.75, 3.05) is 6.61 Å². The Balaban J connectivity index is 1.52. The molecule has 0 saturated heterocycles. The summed E-state index contributed by atoms with van der Waals surface area (Å²) >= 11 is 6.19. The van der Waals surface area contributed by atoms with Crippen LogP contribution in [0.15, 0.2) is 66.7 Å².